The number of methoxy groups -OCH3 is 1. The van der Waals surface area contributed by atoms with Crippen LogP contribution < -0.4 is 4.74 Å². The third-order valence-electron chi connectivity index (χ3n) is 5.74. The summed E-state index contributed by atoms with van der Waals surface area (Å²) in [5.41, 5.74) is -0.693. The van der Waals surface area contributed by atoms with Crippen LogP contribution in [0.3, 0.4) is 0 Å². The lowest BCUT2D eigenvalue weighted by Crippen LogP contribution is -2.63. The van der Waals surface area contributed by atoms with E-state index in [-0.39, 0.29) is 18.2 Å². The monoisotopic (exact) mass is 399 g/mol. The highest BCUT2D eigenvalue weighted by molar-refractivity contribution is 5.84. The van der Waals surface area contributed by atoms with Crippen LogP contribution in [0.25, 0.3) is 10.8 Å². The summed E-state index contributed by atoms with van der Waals surface area (Å²) in [4.78, 5) is 14.5. The molecule has 0 spiro atoms. The molecule has 0 saturated carbocycles. The Hall–Kier alpha value is -2.31. The number of nitrogens with zero attached hydrogens (tertiary/aromatic N) is 1. The highest BCUT2D eigenvalue weighted by Crippen LogP contribution is 2.42. The summed E-state index contributed by atoms with van der Waals surface area (Å²) < 4.78 is 16.6. The summed E-state index contributed by atoms with van der Waals surface area (Å²) >= 11 is 0. The number of hydrogen-bond acceptors (Lipinski definition) is 5. The largest absolute Gasteiger partial charge is 0.497 e. The molecule has 2 unspecified atom stereocenters. The second-order valence-corrected chi connectivity index (χ2v) is 9.10. The molecule has 6 heteroatoms. The predicted octanol–water partition coefficient (Wildman–Crippen LogP) is 3.83. The summed E-state index contributed by atoms with van der Waals surface area (Å²) in [6.45, 7) is 6.40. The van der Waals surface area contributed by atoms with Gasteiger partial charge in [-0.05, 0) is 55.3 Å². The number of amides is 1. The number of benzene rings is 2. The third kappa shape index (κ3) is 3.91. The van der Waals surface area contributed by atoms with E-state index in [1.165, 1.54) is 0 Å². The van der Waals surface area contributed by atoms with E-state index in [0.717, 1.165) is 22.1 Å². The van der Waals surface area contributed by atoms with Crippen LogP contribution >= 0.6 is 0 Å². The van der Waals surface area contributed by atoms with Crippen molar-refractivity contribution in [2.45, 2.75) is 56.9 Å². The Bertz CT molecular complexity index is 905. The third-order valence-corrected chi connectivity index (χ3v) is 5.74. The molecule has 2 fully saturated rings. The molecule has 29 heavy (non-hydrogen) atoms. The lowest BCUT2D eigenvalue weighted by molar-refractivity contribution is -0.141. The maximum Gasteiger partial charge on any atom is 0.410 e. The van der Waals surface area contributed by atoms with Gasteiger partial charge in [0.05, 0.1) is 38.0 Å². The standard InChI is InChI=1S/C23H29NO5/c1-22(2,3)29-21(25)24-18-11-23(26,12-19(24)14-28-13-18)17-7-5-16-10-20(27-4)8-6-15(16)9-17/h5-10,18-19,26H,11-14H2,1-4H3. The second kappa shape index (κ2) is 7.18. The number of fused-ring (bicyclic) bond motifs is 3. The van der Waals surface area contributed by atoms with Crippen molar-refractivity contribution in [3.8, 4) is 5.75 Å². The smallest absolute Gasteiger partial charge is 0.410 e. The van der Waals surface area contributed by atoms with Gasteiger partial charge in [-0.15, -0.1) is 0 Å². The van der Waals surface area contributed by atoms with Gasteiger partial charge in [0, 0.05) is 12.8 Å². The number of carbonyl (C=O) groups is 1. The van der Waals surface area contributed by atoms with Gasteiger partial charge in [-0.2, -0.15) is 0 Å². The van der Waals surface area contributed by atoms with Crippen molar-refractivity contribution in [2.75, 3.05) is 20.3 Å². The molecule has 0 radical (unpaired) electrons. The van der Waals surface area contributed by atoms with Crippen molar-refractivity contribution >= 4 is 16.9 Å². The van der Waals surface area contributed by atoms with E-state index < -0.39 is 11.2 Å². The average Bonchev–Trinajstić information content (AvgIpc) is 2.65. The summed E-state index contributed by atoms with van der Waals surface area (Å²) in [6.07, 6.45) is 0.512. The highest BCUT2D eigenvalue weighted by atomic mass is 16.6. The fourth-order valence-corrected chi connectivity index (χ4v) is 4.47. The summed E-state index contributed by atoms with van der Waals surface area (Å²) in [5, 5.41) is 13.7. The first-order chi connectivity index (χ1) is 13.7. The molecule has 2 aliphatic rings. The molecule has 0 aromatic heterocycles. The van der Waals surface area contributed by atoms with Crippen LogP contribution in [0.5, 0.6) is 5.75 Å². The molecule has 2 aromatic carbocycles. The van der Waals surface area contributed by atoms with E-state index in [1.807, 2.05) is 57.2 Å². The normalized spacial score (nSPS) is 27.0. The Morgan fingerprint density at radius 2 is 1.72 bits per heavy atom. The number of aliphatic hydroxyl groups is 1. The maximum atomic E-state index is 12.8. The number of morpholine rings is 1. The van der Waals surface area contributed by atoms with Gasteiger partial charge in [0.2, 0.25) is 0 Å². The zero-order chi connectivity index (χ0) is 20.8. The van der Waals surface area contributed by atoms with Crippen molar-refractivity contribution in [3.63, 3.8) is 0 Å². The van der Waals surface area contributed by atoms with Gasteiger partial charge in [0.25, 0.3) is 0 Å². The van der Waals surface area contributed by atoms with E-state index in [1.54, 1.807) is 12.0 Å². The summed E-state index contributed by atoms with van der Waals surface area (Å²) in [5.74, 6) is 0.807. The number of carbonyl (C=O) groups excluding carboxylic acids is 1. The minimum atomic E-state index is -1.01. The molecule has 2 atom stereocenters. The lowest BCUT2D eigenvalue weighted by Gasteiger charge is -2.51. The Kier molecular flexibility index (Phi) is 4.95. The predicted molar refractivity (Wildman–Crippen MR) is 110 cm³/mol. The number of rotatable bonds is 2. The summed E-state index contributed by atoms with van der Waals surface area (Å²) in [7, 11) is 1.65. The SMILES string of the molecule is COc1ccc2cc(C3(O)CC4COCC(C3)N4C(=O)OC(C)(C)C)ccc2c1. The Labute approximate surface area is 171 Å². The van der Waals surface area contributed by atoms with Crippen LogP contribution in [0.15, 0.2) is 36.4 Å². The molecule has 1 N–H and O–H groups in total. The zero-order valence-corrected chi connectivity index (χ0v) is 17.5. The Morgan fingerprint density at radius 1 is 1.10 bits per heavy atom. The molecule has 156 valence electrons. The lowest BCUT2D eigenvalue weighted by atomic mass is 9.76. The van der Waals surface area contributed by atoms with Gasteiger partial charge < -0.3 is 19.3 Å². The minimum Gasteiger partial charge on any atom is -0.497 e. The molecule has 2 bridgehead atoms. The molecule has 2 aromatic rings. The first kappa shape index (κ1) is 20.0. The first-order valence-electron chi connectivity index (χ1n) is 10.1. The van der Waals surface area contributed by atoms with Crippen LogP contribution in [0.1, 0.15) is 39.2 Å². The summed E-state index contributed by atoms with van der Waals surface area (Å²) in [6, 6.07) is 11.5. The van der Waals surface area contributed by atoms with Crippen molar-refractivity contribution in [1.29, 1.82) is 0 Å². The van der Waals surface area contributed by atoms with Crippen molar-refractivity contribution in [3.05, 3.63) is 42.0 Å². The van der Waals surface area contributed by atoms with Crippen molar-refractivity contribution in [1.82, 2.24) is 4.90 Å². The van der Waals surface area contributed by atoms with E-state index in [2.05, 4.69) is 0 Å². The molecular formula is C23H29NO5. The number of piperidine rings is 1. The van der Waals surface area contributed by atoms with Gasteiger partial charge in [-0.1, -0.05) is 18.2 Å². The van der Waals surface area contributed by atoms with E-state index in [4.69, 9.17) is 14.2 Å². The van der Waals surface area contributed by atoms with Gasteiger partial charge in [0.15, 0.2) is 0 Å². The molecular weight excluding hydrogens is 370 g/mol. The fourth-order valence-electron chi connectivity index (χ4n) is 4.47. The number of ether oxygens (including phenoxy) is 3. The topological polar surface area (TPSA) is 68.2 Å². The molecule has 4 rings (SSSR count). The highest BCUT2D eigenvalue weighted by Gasteiger charge is 2.49. The molecule has 2 heterocycles. The number of hydrogen-bond donors (Lipinski definition) is 1. The van der Waals surface area contributed by atoms with Crippen molar-refractivity contribution < 1.29 is 24.1 Å². The fraction of sp³-hybridized carbons (Fsp3) is 0.522. The average molecular weight is 399 g/mol. The van der Waals surface area contributed by atoms with E-state index in [0.29, 0.717) is 26.1 Å². The van der Waals surface area contributed by atoms with Gasteiger partial charge in [-0.25, -0.2) is 4.79 Å². The Balaban J connectivity index is 1.61. The van der Waals surface area contributed by atoms with Crippen LogP contribution in [-0.4, -0.2) is 54.1 Å². The second-order valence-electron chi connectivity index (χ2n) is 9.10. The van der Waals surface area contributed by atoms with Crippen LogP contribution in [-0.2, 0) is 15.1 Å². The zero-order valence-electron chi connectivity index (χ0n) is 17.5. The molecule has 0 aliphatic carbocycles. The molecule has 6 nitrogen and oxygen atoms in total. The molecule has 2 aliphatic heterocycles. The Morgan fingerprint density at radius 3 is 2.34 bits per heavy atom. The first-order valence-corrected chi connectivity index (χ1v) is 10.1. The van der Waals surface area contributed by atoms with Crippen LogP contribution in [0.4, 0.5) is 4.79 Å². The minimum absolute atomic E-state index is 0.214. The van der Waals surface area contributed by atoms with Crippen molar-refractivity contribution in [2.24, 2.45) is 0 Å². The maximum absolute atomic E-state index is 12.8. The van der Waals surface area contributed by atoms with Gasteiger partial charge >= 0.3 is 6.09 Å². The van der Waals surface area contributed by atoms with E-state index >= 15 is 0 Å². The molecule has 1 amide bonds. The van der Waals surface area contributed by atoms with E-state index in [9.17, 15) is 9.90 Å². The molecule has 2 saturated heterocycles. The van der Waals surface area contributed by atoms with Crippen LogP contribution in [0.2, 0.25) is 0 Å². The van der Waals surface area contributed by atoms with Gasteiger partial charge in [0.1, 0.15) is 11.4 Å². The van der Waals surface area contributed by atoms with Gasteiger partial charge in [-0.3, -0.25) is 4.90 Å². The quantitative estimate of drug-likeness (QED) is 0.831. The van der Waals surface area contributed by atoms with Crippen LogP contribution in [0, 0.1) is 0 Å².